The van der Waals surface area contributed by atoms with Gasteiger partial charge in [0.1, 0.15) is 0 Å². The quantitative estimate of drug-likeness (QED) is 0.531. The van der Waals surface area contributed by atoms with Crippen molar-refractivity contribution in [2.45, 2.75) is 50.5 Å². The Labute approximate surface area is 151 Å². The second kappa shape index (κ2) is 9.20. The van der Waals surface area contributed by atoms with Gasteiger partial charge in [-0.05, 0) is 42.4 Å². The van der Waals surface area contributed by atoms with E-state index < -0.39 is 10.0 Å². The average Bonchev–Trinajstić information content (AvgIpc) is 2.57. The Morgan fingerprint density at radius 2 is 1.96 bits per heavy atom. The topological polar surface area (TPSA) is 96.6 Å². The second-order valence-corrected chi connectivity index (χ2v) is 8.53. The Balaban J connectivity index is 1.74. The molecule has 25 heavy (non-hydrogen) atoms. The van der Waals surface area contributed by atoms with Gasteiger partial charge in [-0.3, -0.25) is 4.99 Å². The van der Waals surface area contributed by atoms with E-state index in [1.165, 1.54) is 44.2 Å². The van der Waals surface area contributed by atoms with Crippen molar-refractivity contribution in [3.05, 3.63) is 29.8 Å². The molecule has 0 aromatic heterocycles. The van der Waals surface area contributed by atoms with E-state index in [1.807, 2.05) is 0 Å². The first kappa shape index (κ1) is 19.7. The summed E-state index contributed by atoms with van der Waals surface area (Å²) in [6.45, 7) is 3.84. The Hall–Kier alpha value is -1.60. The summed E-state index contributed by atoms with van der Waals surface area (Å²) < 4.78 is 22.5. The lowest BCUT2D eigenvalue weighted by molar-refractivity contribution is 0.270. The largest absolute Gasteiger partial charge is 0.356 e. The molecular weight excluding hydrogens is 336 g/mol. The standard InChI is InChI=1S/C18H30N4O2S/c1-14-4-3-5-15(12-14)10-11-21-18(20-2)22-13-16-6-8-17(9-7-16)25(19,23)24/h6-9,14-15H,3-5,10-13H2,1-2H3,(H2,19,23,24)(H2,20,21,22). The summed E-state index contributed by atoms with van der Waals surface area (Å²) in [5.41, 5.74) is 0.969. The van der Waals surface area contributed by atoms with Crippen molar-refractivity contribution >= 4 is 16.0 Å². The minimum atomic E-state index is -3.64. The van der Waals surface area contributed by atoms with Gasteiger partial charge in [0.25, 0.3) is 0 Å². The highest BCUT2D eigenvalue weighted by Crippen LogP contribution is 2.30. The van der Waals surface area contributed by atoms with E-state index in [1.54, 1.807) is 19.2 Å². The van der Waals surface area contributed by atoms with Crippen LogP contribution in [-0.4, -0.2) is 28.0 Å². The smallest absolute Gasteiger partial charge is 0.238 e. The lowest BCUT2D eigenvalue weighted by Crippen LogP contribution is -2.38. The zero-order valence-corrected chi connectivity index (χ0v) is 16.0. The molecule has 1 aliphatic rings. The fourth-order valence-electron chi connectivity index (χ4n) is 3.42. The molecule has 2 unspecified atom stereocenters. The molecule has 1 aliphatic carbocycles. The van der Waals surface area contributed by atoms with Crippen LogP contribution in [0.1, 0.15) is 44.6 Å². The minimum Gasteiger partial charge on any atom is -0.356 e. The van der Waals surface area contributed by atoms with E-state index in [9.17, 15) is 8.42 Å². The maximum absolute atomic E-state index is 11.3. The molecule has 0 amide bonds. The van der Waals surface area contributed by atoms with Crippen LogP contribution in [0.25, 0.3) is 0 Å². The summed E-state index contributed by atoms with van der Waals surface area (Å²) in [4.78, 5) is 4.36. The SMILES string of the molecule is CN=C(NCCC1CCCC(C)C1)NCc1ccc(S(N)(=O)=O)cc1. The van der Waals surface area contributed by atoms with E-state index in [4.69, 9.17) is 5.14 Å². The van der Waals surface area contributed by atoms with Crippen molar-refractivity contribution in [1.82, 2.24) is 10.6 Å². The minimum absolute atomic E-state index is 0.125. The number of nitrogens with two attached hydrogens (primary N) is 1. The first-order valence-corrected chi connectivity index (χ1v) is 10.5. The third-order valence-electron chi connectivity index (χ3n) is 4.83. The number of nitrogens with one attached hydrogen (secondary N) is 2. The van der Waals surface area contributed by atoms with Crippen LogP contribution in [0.5, 0.6) is 0 Å². The van der Waals surface area contributed by atoms with Gasteiger partial charge in [-0.25, -0.2) is 13.6 Å². The molecule has 1 aromatic carbocycles. The summed E-state index contributed by atoms with van der Waals surface area (Å²) in [5, 5.41) is 11.7. The molecule has 4 N–H and O–H groups in total. The molecule has 1 saturated carbocycles. The van der Waals surface area contributed by atoms with Crippen LogP contribution in [0.2, 0.25) is 0 Å². The van der Waals surface area contributed by atoms with Crippen molar-refractivity contribution in [3.63, 3.8) is 0 Å². The normalized spacial score (nSPS) is 21.8. The molecule has 6 nitrogen and oxygen atoms in total. The highest BCUT2D eigenvalue weighted by Gasteiger charge is 2.18. The third-order valence-corrected chi connectivity index (χ3v) is 5.75. The Kier molecular flexibility index (Phi) is 7.25. The van der Waals surface area contributed by atoms with Gasteiger partial charge in [0.15, 0.2) is 5.96 Å². The van der Waals surface area contributed by atoms with E-state index in [2.05, 4.69) is 22.5 Å². The molecule has 1 aromatic rings. The number of hydrogen-bond donors (Lipinski definition) is 3. The lowest BCUT2D eigenvalue weighted by Gasteiger charge is -2.26. The summed E-state index contributed by atoms with van der Waals surface area (Å²) in [6, 6.07) is 6.55. The highest BCUT2D eigenvalue weighted by molar-refractivity contribution is 7.89. The van der Waals surface area contributed by atoms with Crippen molar-refractivity contribution in [3.8, 4) is 0 Å². The molecule has 0 spiro atoms. The first-order chi connectivity index (χ1) is 11.9. The molecule has 2 atom stereocenters. The molecule has 2 rings (SSSR count). The summed E-state index contributed by atoms with van der Waals surface area (Å²) in [7, 11) is -1.89. The summed E-state index contributed by atoms with van der Waals surface area (Å²) in [5.74, 6) is 2.44. The van der Waals surface area contributed by atoms with Crippen LogP contribution in [0.3, 0.4) is 0 Å². The zero-order valence-electron chi connectivity index (χ0n) is 15.2. The highest BCUT2D eigenvalue weighted by atomic mass is 32.2. The van der Waals surface area contributed by atoms with Gasteiger partial charge in [-0.15, -0.1) is 0 Å². The number of sulfonamides is 1. The Morgan fingerprint density at radius 1 is 1.24 bits per heavy atom. The summed E-state index contributed by atoms with van der Waals surface area (Å²) in [6.07, 6.45) is 6.58. The third kappa shape index (κ3) is 6.66. The number of aliphatic imine (C=N–C) groups is 1. The predicted molar refractivity (Wildman–Crippen MR) is 102 cm³/mol. The van der Waals surface area contributed by atoms with Crippen molar-refractivity contribution < 1.29 is 8.42 Å². The number of primary sulfonamides is 1. The van der Waals surface area contributed by atoms with Gasteiger partial charge in [-0.2, -0.15) is 0 Å². The maximum Gasteiger partial charge on any atom is 0.238 e. The number of rotatable bonds is 6. The summed E-state index contributed by atoms with van der Waals surface area (Å²) >= 11 is 0. The predicted octanol–water partition coefficient (Wildman–Crippen LogP) is 2.22. The van der Waals surface area contributed by atoms with Crippen LogP contribution in [0.4, 0.5) is 0 Å². The lowest BCUT2D eigenvalue weighted by atomic mass is 9.81. The van der Waals surface area contributed by atoms with Gasteiger partial charge in [0.2, 0.25) is 10.0 Å². The van der Waals surface area contributed by atoms with Crippen LogP contribution in [0.15, 0.2) is 34.2 Å². The van der Waals surface area contributed by atoms with Crippen molar-refractivity contribution in [1.29, 1.82) is 0 Å². The van der Waals surface area contributed by atoms with Gasteiger partial charge >= 0.3 is 0 Å². The molecule has 0 aliphatic heterocycles. The Morgan fingerprint density at radius 3 is 2.56 bits per heavy atom. The Bertz CT molecular complexity index is 671. The van der Waals surface area contributed by atoms with Crippen LogP contribution >= 0.6 is 0 Å². The fraction of sp³-hybridized carbons (Fsp3) is 0.611. The second-order valence-electron chi connectivity index (χ2n) is 6.97. The first-order valence-electron chi connectivity index (χ1n) is 8.94. The maximum atomic E-state index is 11.3. The van der Waals surface area contributed by atoms with Crippen LogP contribution in [-0.2, 0) is 16.6 Å². The molecule has 1 fully saturated rings. The van der Waals surface area contributed by atoms with Crippen LogP contribution in [0, 0.1) is 11.8 Å². The molecule has 0 heterocycles. The number of benzene rings is 1. The van der Waals surface area contributed by atoms with E-state index >= 15 is 0 Å². The average molecular weight is 367 g/mol. The van der Waals surface area contributed by atoms with Gasteiger partial charge in [-0.1, -0.05) is 38.3 Å². The van der Waals surface area contributed by atoms with E-state index in [-0.39, 0.29) is 4.90 Å². The van der Waals surface area contributed by atoms with Gasteiger partial charge in [0, 0.05) is 20.1 Å². The molecular formula is C18H30N4O2S. The van der Waals surface area contributed by atoms with Gasteiger partial charge in [0.05, 0.1) is 4.90 Å². The number of hydrogen-bond acceptors (Lipinski definition) is 3. The molecule has 0 bridgehead atoms. The molecule has 140 valence electrons. The van der Waals surface area contributed by atoms with E-state index in [0.717, 1.165) is 29.9 Å². The fourth-order valence-corrected chi connectivity index (χ4v) is 3.94. The number of guanidine groups is 1. The zero-order chi connectivity index (χ0) is 18.3. The molecule has 0 radical (unpaired) electrons. The van der Waals surface area contributed by atoms with Crippen LogP contribution < -0.4 is 15.8 Å². The van der Waals surface area contributed by atoms with Crippen molar-refractivity contribution in [2.75, 3.05) is 13.6 Å². The molecule has 0 saturated heterocycles. The molecule has 7 heteroatoms. The monoisotopic (exact) mass is 366 g/mol. The number of nitrogens with zero attached hydrogens (tertiary/aromatic N) is 1. The van der Waals surface area contributed by atoms with E-state index in [0.29, 0.717) is 6.54 Å². The van der Waals surface area contributed by atoms with Gasteiger partial charge < -0.3 is 10.6 Å². The van der Waals surface area contributed by atoms with Crippen molar-refractivity contribution in [2.24, 2.45) is 22.0 Å².